The van der Waals surface area contributed by atoms with E-state index in [9.17, 15) is 18.4 Å². The van der Waals surface area contributed by atoms with Crippen LogP contribution >= 0.6 is 22.6 Å². The maximum Gasteiger partial charge on any atom is 0.410 e. The van der Waals surface area contributed by atoms with E-state index in [1.165, 1.54) is 17.0 Å². The van der Waals surface area contributed by atoms with E-state index in [1.807, 2.05) is 22.6 Å². The number of amides is 2. The molecule has 0 bridgehead atoms. The topological polar surface area (TPSA) is 93.9 Å². The van der Waals surface area contributed by atoms with Crippen molar-refractivity contribution < 1.29 is 27.8 Å². The van der Waals surface area contributed by atoms with Crippen molar-refractivity contribution >= 4 is 46.0 Å². The molecule has 7 nitrogen and oxygen atoms in total. The molecule has 3 N–H and O–H groups in total. The Hall–Kier alpha value is -2.63. The molecule has 2 amide bonds. The van der Waals surface area contributed by atoms with Crippen LogP contribution in [0.4, 0.5) is 25.0 Å². The van der Waals surface area contributed by atoms with Gasteiger partial charge in [0.1, 0.15) is 34.1 Å². The monoisotopic (exact) mass is 573 g/mol. The summed E-state index contributed by atoms with van der Waals surface area (Å²) in [6.45, 7) is 7.60. The van der Waals surface area contributed by atoms with Crippen molar-refractivity contribution in [2.75, 3.05) is 18.4 Å². The molecule has 1 unspecified atom stereocenters. The first-order chi connectivity index (χ1) is 15.3. The Bertz CT molecular complexity index is 1090. The summed E-state index contributed by atoms with van der Waals surface area (Å²) in [5, 5.41) is 2.74. The number of nitrogens with zero attached hydrogens (tertiary/aromatic N) is 1. The van der Waals surface area contributed by atoms with Gasteiger partial charge in [-0.2, -0.15) is 0 Å². The normalized spacial score (nSPS) is 18.2. The number of hydrogen-bond acceptors (Lipinski definition) is 5. The van der Waals surface area contributed by atoms with Gasteiger partial charge >= 0.3 is 6.09 Å². The summed E-state index contributed by atoms with van der Waals surface area (Å²) in [6.07, 6.45) is -0.0594. The number of nitrogens with two attached hydrogens (primary N) is 1. The van der Waals surface area contributed by atoms with Crippen LogP contribution in [0.1, 0.15) is 44.5 Å². The number of carbonyl (C=O) groups excluding carboxylic acids is 2. The lowest BCUT2D eigenvalue weighted by Crippen LogP contribution is -2.40. The number of nitrogens with one attached hydrogen (secondary N) is 1. The van der Waals surface area contributed by atoms with Gasteiger partial charge in [-0.05, 0) is 74.6 Å². The van der Waals surface area contributed by atoms with Crippen molar-refractivity contribution in [2.45, 2.75) is 45.3 Å². The van der Waals surface area contributed by atoms with E-state index in [2.05, 4.69) is 5.32 Å². The molecular formula is C23H26F2IN3O4. The molecule has 0 spiro atoms. The fourth-order valence-corrected chi connectivity index (χ4v) is 3.97. The molecule has 0 aliphatic carbocycles. The molecule has 10 heteroatoms. The average molecular weight is 573 g/mol. The highest BCUT2D eigenvalue weighted by Crippen LogP contribution is 2.36. The molecule has 1 heterocycles. The second kappa shape index (κ2) is 9.32. The Morgan fingerprint density at radius 1 is 1.18 bits per heavy atom. The van der Waals surface area contributed by atoms with Crippen LogP contribution in [-0.4, -0.2) is 41.2 Å². The second-order valence-corrected chi connectivity index (χ2v) is 10.4. The first kappa shape index (κ1) is 25.0. The SMILES string of the molecule is CC(C)(C)OC(=O)N1CCC(C)(Oc2cc(F)cc(Nc3ccc(I)cc3F)c2C(N)=O)C1. The van der Waals surface area contributed by atoms with Gasteiger partial charge in [-0.25, -0.2) is 13.6 Å². The molecule has 1 saturated heterocycles. The molecule has 1 aliphatic heterocycles. The molecule has 0 saturated carbocycles. The summed E-state index contributed by atoms with van der Waals surface area (Å²) in [4.78, 5) is 26.2. The third-order valence-corrected chi connectivity index (χ3v) is 5.63. The molecule has 0 radical (unpaired) electrons. The van der Waals surface area contributed by atoms with Crippen molar-refractivity contribution in [1.82, 2.24) is 4.90 Å². The largest absolute Gasteiger partial charge is 0.485 e. The van der Waals surface area contributed by atoms with Gasteiger partial charge in [0.2, 0.25) is 0 Å². The van der Waals surface area contributed by atoms with Crippen LogP contribution in [0.25, 0.3) is 0 Å². The fraction of sp³-hybridized carbons (Fsp3) is 0.391. The lowest BCUT2D eigenvalue weighted by atomic mass is 10.0. The van der Waals surface area contributed by atoms with Gasteiger partial charge in [-0.3, -0.25) is 4.79 Å². The zero-order chi connectivity index (χ0) is 24.6. The number of hydrogen-bond donors (Lipinski definition) is 2. The van der Waals surface area contributed by atoms with E-state index in [-0.39, 0.29) is 29.2 Å². The average Bonchev–Trinajstić information content (AvgIpc) is 3.04. The zero-order valence-electron chi connectivity index (χ0n) is 18.8. The number of ether oxygens (including phenoxy) is 2. The van der Waals surface area contributed by atoms with E-state index in [4.69, 9.17) is 15.2 Å². The number of primary amides is 1. The van der Waals surface area contributed by atoms with Crippen molar-refractivity contribution in [1.29, 1.82) is 0 Å². The Morgan fingerprint density at radius 2 is 1.88 bits per heavy atom. The summed E-state index contributed by atoms with van der Waals surface area (Å²) in [6, 6.07) is 6.54. The van der Waals surface area contributed by atoms with Crippen LogP contribution in [-0.2, 0) is 4.74 Å². The Balaban J connectivity index is 1.89. The van der Waals surface area contributed by atoms with Gasteiger partial charge in [0.15, 0.2) is 0 Å². The lowest BCUT2D eigenvalue weighted by molar-refractivity contribution is 0.0227. The third-order valence-electron chi connectivity index (χ3n) is 4.96. The third kappa shape index (κ3) is 6.24. The van der Waals surface area contributed by atoms with Crippen LogP contribution < -0.4 is 15.8 Å². The van der Waals surface area contributed by atoms with E-state index >= 15 is 0 Å². The zero-order valence-corrected chi connectivity index (χ0v) is 21.0. The van der Waals surface area contributed by atoms with Gasteiger partial charge < -0.3 is 25.4 Å². The molecule has 1 atom stereocenters. The highest BCUT2D eigenvalue weighted by Gasteiger charge is 2.40. The predicted molar refractivity (Wildman–Crippen MR) is 129 cm³/mol. The smallest absolute Gasteiger partial charge is 0.410 e. The van der Waals surface area contributed by atoms with Gasteiger partial charge in [-0.1, -0.05) is 0 Å². The minimum absolute atomic E-state index is 0.0248. The Labute approximate surface area is 204 Å². The number of halogens is 3. The van der Waals surface area contributed by atoms with Crippen molar-refractivity contribution in [3.05, 3.63) is 51.1 Å². The first-order valence-corrected chi connectivity index (χ1v) is 11.4. The highest BCUT2D eigenvalue weighted by atomic mass is 127. The quantitative estimate of drug-likeness (QED) is 0.481. The molecule has 1 fully saturated rings. The molecule has 0 aromatic heterocycles. The molecule has 178 valence electrons. The number of benzene rings is 2. The highest BCUT2D eigenvalue weighted by molar-refractivity contribution is 14.1. The summed E-state index contributed by atoms with van der Waals surface area (Å²) < 4.78 is 40.9. The van der Waals surface area contributed by atoms with Crippen molar-refractivity contribution in [3.63, 3.8) is 0 Å². The summed E-state index contributed by atoms with van der Waals surface area (Å²) >= 11 is 1.96. The fourth-order valence-electron chi connectivity index (χ4n) is 3.52. The van der Waals surface area contributed by atoms with E-state index in [0.717, 1.165) is 12.1 Å². The Morgan fingerprint density at radius 3 is 2.48 bits per heavy atom. The molecule has 1 aliphatic rings. The van der Waals surface area contributed by atoms with Gasteiger partial charge in [-0.15, -0.1) is 0 Å². The maximum absolute atomic E-state index is 14.5. The number of likely N-dealkylation sites (tertiary alicyclic amines) is 1. The minimum Gasteiger partial charge on any atom is -0.485 e. The van der Waals surface area contributed by atoms with Gasteiger partial charge in [0.25, 0.3) is 5.91 Å². The molecule has 3 rings (SSSR count). The molecule has 2 aromatic carbocycles. The summed E-state index contributed by atoms with van der Waals surface area (Å²) in [5.41, 5.74) is 3.93. The van der Waals surface area contributed by atoms with Crippen LogP contribution in [0.15, 0.2) is 30.3 Å². The van der Waals surface area contributed by atoms with Crippen LogP contribution in [0.3, 0.4) is 0 Å². The Kier molecular flexibility index (Phi) is 7.06. The van der Waals surface area contributed by atoms with E-state index < -0.39 is 34.8 Å². The lowest BCUT2D eigenvalue weighted by Gasteiger charge is -2.29. The van der Waals surface area contributed by atoms with Crippen LogP contribution in [0, 0.1) is 15.2 Å². The number of rotatable bonds is 5. The van der Waals surface area contributed by atoms with E-state index in [0.29, 0.717) is 16.5 Å². The van der Waals surface area contributed by atoms with Crippen LogP contribution in [0.2, 0.25) is 0 Å². The summed E-state index contributed by atoms with van der Waals surface area (Å²) in [7, 11) is 0. The molecule has 2 aromatic rings. The second-order valence-electron chi connectivity index (χ2n) is 9.14. The van der Waals surface area contributed by atoms with Crippen molar-refractivity contribution in [3.8, 4) is 5.75 Å². The van der Waals surface area contributed by atoms with E-state index in [1.54, 1.807) is 33.8 Å². The minimum atomic E-state index is -0.916. The van der Waals surface area contributed by atoms with Crippen molar-refractivity contribution in [2.24, 2.45) is 5.73 Å². The van der Waals surface area contributed by atoms with Gasteiger partial charge in [0, 0.05) is 22.6 Å². The van der Waals surface area contributed by atoms with Gasteiger partial charge in [0.05, 0.1) is 17.9 Å². The standard InChI is InChI=1S/C23H26F2IN3O4/c1-22(2,3)33-21(31)29-8-7-23(4,12-29)32-18-10-13(24)9-17(19(18)20(27)30)28-16-6-5-14(26)11-15(16)25/h5-6,9-11,28H,7-8,12H2,1-4H3,(H2,27,30). The number of carbonyl (C=O) groups is 2. The maximum atomic E-state index is 14.5. The first-order valence-electron chi connectivity index (χ1n) is 10.3. The predicted octanol–water partition coefficient (Wildman–Crippen LogP) is 5.19. The summed E-state index contributed by atoms with van der Waals surface area (Å²) in [5.74, 6) is -2.23. The molecule has 33 heavy (non-hydrogen) atoms. The number of anilines is 2. The van der Waals surface area contributed by atoms with Crippen LogP contribution in [0.5, 0.6) is 5.75 Å². The molecular weight excluding hydrogens is 547 g/mol.